The number of nitrogens with two attached hydrogens (primary N) is 1. The van der Waals surface area contributed by atoms with E-state index in [-0.39, 0.29) is 17.9 Å². The number of hydrogen-bond acceptors (Lipinski definition) is 4. The summed E-state index contributed by atoms with van der Waals surface area (Å²) in [6.07, 6.45) is 2.74. The maximum atomic E-state index is 14.1. The maximum absolute atomic E-state index is 14.1. The Balaban J connectivity index is 1.82. The fourth-order valence-electron chi connectivity index (χ4n) is 4.73. The molecule has 2 aromatic carbocycles. The number of fused-ring (bicyclic) bond motifs is 1. The fraction of sp³-hybridized carbons (Fsp3) is 0.379. The van der Waals surface area contributed by atoms with Gasteiger partial charge in [0.1, 0.15) is 5.82 Å². The maximum Gasteiger partial charge on any atom is 0.264 e. The van der Waals surface area contributed by atoms with Crippen LogP contribution in [0.15, 0.2) is 65.1 Å². The van der Waals surface area contributed by atoms with Gasteiger partial charge in [-0.15, -0.1) is 11.3 Å². The average molecular weight is 568 g/mol. The summed E-state index contributed by atoms with van der Waals surface area (Å²) in [5.41, 5.74) is 9.16. The number of carbonyl (C=O) groups is 1. The number of amides is 1. The van der Waals surface area contributed by atoms with E-state index in [1.165, 1.54) is 10.4 Å². The van der Waals surface area contributed by atoms with Gasteiger partial charge in [-0.1, -0.05) is 69.7 Å². The number of para-hydroxylation sites is 2. The molecule has 0 radical (unpaired) electrons. The van der Waals surface area contributed by atoms with E-state index in [4.69, 9.17) is 10.7 Å². The van der Waals surface area contributed by atoms with Gasteiger partial charge >= 0.3 is 0 Å². The first-order valence-corrected chi connectivity index (χ1v) is 14.3. The minimum absolute atomic E-state index is 0.0496. The van der Waals surface area contributed by atoms with Crippen molar-refractivity contribution in [3.8, 4) is 0 Å². The lowest BCUT2D eigenvalue weighted by Crippen LogP contribution is -2.40. The summed E-state index contributed by atoms with van der Waals surface area (Å²) in [5, 5.41) is 0. The van der Waals surface area contributed by atoms with Gasteiger partial charge in [0.15, 0.2) is 0 Å². The molecule has 0 spiro atoms. The van der Waals surface area contributed by atoms with Gasteiger partial charge in [-0.25, -0.2) is 4.98 Å². The van der Waals surface area contributed by atoms with Gasteiger partial charge in [-0.05, 0) is 65.0 Å². The molecule has 1 amide bonds. The van der Waals surface area contributed by atoms with Crippen LogP contribution >= 0.6 is 27.3 Å². The van der Waals surface area contributed by atoms with Crippen LogP contribution < -0.4 is 5.73 Å². The zero-order valence-corrected chi connectivity index (χ0v) is 23.7. The number of imidazole rings is 1. The third-order valence-electron chi connectivity index (χ3n) is 6.41. The molecular weight excluding hydrogens is 532 g/mol. The Morgan fingerprint density at radius 1 is 1.14 bits per heavy atom. The van der Waals surface area contributed by atoms with Crippen LogP contribution in [-0.2, 0) is 13.0 Å². The predicted molar refractivity (Wildman–Crippen MR) is 154 cm³/mol. The van der Waals surface area contributed by atoms with Crippen molar-refractivity contribution in [3.63, 3.8) is 0 Å². The molecule has 2 aromatic heterocycles. The quantitative estimate of drug-likeness (QED) is 0.211. The number of nitrogens with zero attached hydrogens (tertiary/aromatic N) is 3. The van der Waals surface area contributed by atoms with Crippen molar-refractivity contribution in [2.45, 2.75) is 52.6 Å². The van der Waals surface area contributed by atoms with Crippen LogP contribution in [0.2, 0.25) is 0 Å². The van der Waals surface area contributed by atoms with Gasteiger partial charge in [0, 0.05) is 22.4 Å². The van der Waals surface area contributed by atoms with Gasteiger partial charge < -0.3 is 15.2 Å². The zero-order chi connectivity index (χ0) is 25.7. The Bertz CT molecular complexity index is 1300. The first kappa shape index (κ1) is 26.6. The lowest BCUT2D eigenvalue weighted by Gasteiger charge is -2.34. The molecule has 2 N–H and O–H groups in total. The minimum atomic E-state index is -0.185. The molecule has 0 aliphatic rings. The van der Waals surface area contributed by atoms with E-state index >= 15 is 0 Å². The molecule has 0 fully saturated rings. The van der Waals surface area contributed by atoms with E-state index in [0.717, 1.165) is 45.5 Å². The molecule has 0 aliphatic heterocycles. The molecule has 1 unspecified atom stereocenters. The number of aromatic nitrogens is 2. The molecule has 2 heterocycles. The molecule has 0 aliphatic carbocycles. The van der Waals surface area contributed by atoms with E-state index in [1.54, 1.807) is 11.3 Å². The summed E-state index contributed by atoms with van der Waals surface area (Å²) in [5.74, 6) is 1.13. The number of rotatable bonds is 11. The largest absolute Gasteiger partial charge is 0.330 e. The Hall–Kier alpha value is -2.48. The van der Waals surface area contributed by atoms with Crippen LogP contribution in [0.4, 0.5) is 0 Å². The SMILES string of the molecule is CCCc1sc(C(=O)N(CCCN)C(c2nc3ccccc3n2Cc2ccccc2)C(C)C)cc1Br. The Morgan fingerprint density at radius 2 is 1.86 bits per heavy atom. The second-order valence-electron chi connectivity index (χ2n) is 9.49. The molecule has 4 aromatic rings. The van der Waals surface area contributed by atoms with E-state index in [9.17, 15) is 4.79 Å². The Labute approximate surface area is 226 Å². The van der Waals surface area contributed by atoms with Gasteiger partial charge in [-0.2, -0.15) is 0 Å². The van der Waals surface area contributed by atoms with Gasteiger partial charge in [0.25, 0.3) is 5.91 Å². The van der Waals surface area contributed by atoms with Crippen molar-refractivity contribution in [3.05, 3.63) is 86.3 Å². The molecule has 5 nitrogen and oxygen atoms in total. The number of benzene rings is 2. The van der Waals surface area contributed by atoms with Gasteiger partial charge in [-0.3, -0.25) is 4.79 Å². The number of carbonyl (C=O) groups excluding carboxylic acids is 1. The van der Waals surface area contributed by atoms with E-state index in [1.807, 2.05) is 23.1 Å². The second kappa shape index (κ2) is 12.2. The molecule has 0 bridgehead atoms. The summed E-state index contributed by atoms with van der Waals surface area (Å²) in [6, 6.07) is 20.5. The molecule has 1 atom stereocenters. The lowest BCUT2D eigenvalue weighted by molar-refractivity contribution is 0.0610. The fourth-order valence-corrected chi connectivity index (χ4v) is 6.66. The predicted octanol–water partition coefficient (Wildman–Crippen LogP) is 7.05. The van der Waals surface area contributed by atoms with Crippen molar-refractivity contribution < 1.29 is 4.79 Å². The summed E-state index contributed by atoms with van der Waals surface area (Å²) in [7, 11) is 0. The molecule has 4 rings (SSSR count). The Kier molecular flexibility index (Phi) is 8.99. The Morgan fingerprint density at radius 3 is 2.56 bits per heavy atom. The molecule has 36 heavy (non-hydrogen) atoms. The lowest BCUT2D eigenvalue weighted by atomic mass is 10.0. The first-order chi connectivity index (χ1) is 17.4. The summed E-state index contributed by atoms with van der Waals surface area (Å²) >= 11 is 5.27. The third kappa shape index (κ3) is 5.74. The van der Waals surface area contributed by atoms with E-state index in [0.29, 0.717) is 19.6 Å². The molecule has 190 valence electrons. The van der Waals surface area contributed by atoms with Crippen LogP contribution in [0.1, 0.15) is 65.6 Å². The number of halogens is 1. The number of aryl methyl sites for hydroxylation is 1. The summed E-state index contributed by atoms with van der Waals surface area (Å²) in [4.78, 5) is 23.2. The van der Waals surface area contributed by atoms with Crippen LogP contribution in [0, 0.1) is 5.92 Å². The smallest absolute Gasteiger partial charge is 0.264 e. The summed E-state index contributed by atoms with van der Waals surface area (Å²) < 4.78 is 3.30. The molecular formula is C29H35BrN4OS. The third-order valence-corrected chi connectivity index (χ3v) is 8.56. The second-order valence-corrected chi connectivity index (χ2v) is 11.5. The van der Waals surface area contributed by atoms with Crippen molar-refractivity contribution in [1.82, 2.24) is 14.5 Å². The topological polar surface area (TPSA) is 64.2 Å². The van der Waals surface area contributed by atoms with E-state index in [2.05, 4.69) is 83.7 Å². The van der Waals surface area contributed by atoms with Crippen LogP contribution in [0.5, 0.6) is 0 Å². The molecule has 0 saturated heterocycles. The van der Waals surface area contributed by atoms with E-state index < -0.39 is 0 Å². The van der Waals surface area contributed by atoms with Crippen LogP contribution in [-0.4, -0.2) is 33.4 Å². The summed E-state index contributed by atoms with van der Waals surface area (Å²) in [6.45, 7) is 8.33. The normalized spacial score (nSPS) is 12.4. The number of hydrogen-bond donors (Lipinski definition) is 1. The standard InChI is InChI=1S/C29H35BrN4OS/c1-4-11-25-22(30)18-26(36-25)29(35)33(17-10-16-31)27(20(2)3)28-32-23-14-8-9-15-24(23)34(28)19-21-12-6-5-7-13-21/h5-9,12-15,18,20,27H,4,10-11,16-17,19,31H2,1-3H3. The van der Waals surface area contributed by atoms with Gasteiger partial charge in [0.05, 0.1) is 22.0 Å². The van der Waals surface area contributed by atoms with Gasteiger partial charge in [0.2, 0.25) is 0 Å². The van der Waals surface area contributed by atoms with Crippen LogP contribution in [0.3, 0.4) is 0 Å². The van der Waals surface area contributed by atoms with Crippen LogP contribution in [0.25, 0.3) is 11.0 Å². The highest BCUT2D eigenvalue weighted by Gasteiger charge is 2.33. The molecule has 0 saturated carbocycles. The van der Waals surface area contributed by atoms with Crippen molar-refractivity contribution in [2.75, 3.05) is 13.1 Å². The first-order valence-electron chi connectivity index (χ1n) is 12.7. The zero-order valence-electron chi connectivity index (χ0n) is 21.3. The highest BCUT2D eigenvalue weighted by Crippen LogP contribution is 2.35. The average Bonchev–Trinajstić information content (AvgIpc) is 3.42. The van der Waals surface area contributed by atoms with Crippen molar-refractivity contribution in [2.24, 2.45) is 11.7 Å². The van der Waals surface area contributed by atoms with Crippen molar-refractivity contribution in [1.29, 1.82) is 0 Å². The highest BCUT2D eigenvalue weighted by atomic mass is 79.9. The van der Waals surface area contributed by atoms with Crippen molar-refractivity contribution >= 4 is 44.2 Å². The minimum Gasteiger partial charge on any atom is -0.330 e. The number of thiophene rings is 1. The molecule has 7 heteroatoms. The monoisotopic (exact) mass is 566 g/mol. The highest BCUT2D eigenvalue weighted by molar-refractivity contribution is 9.10.